The van der Waals surface area contributed by atoms with Gasteiger partial charge < -0.3 is 19.5 Å². The molecule has 1 aliphatic rings. The fourth-order valence-electron chi connectivity index (χ4n) is 3.46. The van der Waals surface area contributed by atoms with Crippen molar-refractivity contribution >= 4 is 6.09 Å². The second-order valence-corrected chi connectivity index (χ2v) is 7.14. The molecule has 0 atom stereocenters. The summed E-state index contributed by atoms with van der Waals surface area (Å²) in [7, 11) is 0. The zero-order valence-electron chi connectivity index (χ0n) is 16.6. The average molecular weight is 383 g/mol. The van der Waals surface area contributed by atoms with E-state index in [-0.39, 0.29) is 18.1 Å². The molecule has 0 spiro atoms. The molecule has 0 radical (unpaired) electrons. The van der Waals surface area contributed by atoms with Crippen LogP contribution in [0.25, 0.3) is 11.1 Å². The Kier molecular flexibility index (Phi) is 7.46. The third kappa shape index (κ3) is 5.33. The SMILES string of the molecule is CC(C)OCCOCCCNC(=O)OCC1c2ccccc2-c2ccccc21. The molecule has 0 aliphatic heterocycles. The molecule has 1 N–H and O–H groups in total. The molecular formula is C23H29NO4. The smallest absolute Gasteiger partial charge is 0.407 e. The second-order valence-electron chi connectivity index (χ2n) is 7.14. The molecule has 0 fully saturated rings. The average Bonchev–Trinajstić information content (AvgIpc) is 3.02. The van der Waals surface area contributed by atoms with E-state index in [1.807, 2.05) is 38.1 Å². The lowest BCUT2D eigenvalue weighted by Crippen LogP contribution is -2.27. The molecule has 3 rings (SSSR count). The van der Waals surface area contributed by atoms with Gasteiger partial charge in [0.05, 0.1) is 19.3 Å². The van der Waals surface area contributed by atoms with E-state index in [1.165, 1.54) is 22.3 Å². The fourth-order valence-corrected chi connectivity index (χ4v) is 3.46. The molecular weight excluding hydrogens is 354 g/mol. The summed E-state index contributed by atoms with van der Waals surface area (Å²) in [5, 5.41) is 2.79. The van der Waals surface area contributed by atoms with E-state index in [0.717, 1.165) is 6.42 Å². The van der Waals surface area contributed by atoms with Crippen LogP contribution < -0.4 is 5.32 Å². The quantitative estimate of drug-likeness (QED) is 0.620. The van der Waals surface area contributed by atoms with Gasteiger partial charge >= 0.3 is 6.09 Å². The van der Waals surface area contributed by atoms with Crippen molar-refractivity contribution < 1.29 is 19.0 Å². The fraction of sp³-hybridized carbons (Fsp3) is 0.435. The third-order valence-electron chi connectivity index (χ3n) is 4.76. The highest BCUT2D eigenvalue weighted by molar-refractivity contribution is 5.79. The predicted octanol–water partition coefficient (Wildman–Crippen LogP) is 4.36. The number of amides is 1. The van der Waals surface area contributed by atoms with E-state index in [4.69, 9.17) is 14.2 Å². The van der Waals surface area contributed by atoms with Crippen molar-refractivity contribution in [3.05, 3.63) is 59.7 Å². The second kappa shape index (κ2) is 10.2. The topological polar surface area (TPSA) is 56.8 Å². The number of hydrogen-bond acceptors (Lipinski definition) is 4. The van der Waals surface area contributed by atoms with Gasteiger partial charge in [0.25, 0.3) is 0 Å². The van der Waals surface area contributed by atoms with Gasteiger partial charge in [-0.05, 0) is 42.5 Å². The summed E-state index contributed by atoms with van der Waals surface area (Å²) in [6, 6.07) is 16.6. The Morgan fingerprint density at radius 3 is 2.25 bits per heavy atom. The molecule has 0 bridgehead atoms. The van der Waals surface area contributed by atoms with Crippen LogP contribution in [0.3, 0.4) is 0 Å². The molecule has 2 aromatic rings. The van der Waals surface area contributed by atoms with Crippen LogP contribution >= 0.6 is 0 Å². The number of nitrogens with one attached hydrogen (secondary N) is 1. The normalized spacial score (nSPS) is 12.7. The minimum Gasteiger partial charge on any atom is -0.449 e. The lowest BCUT2D eigenvalue weighted by atomic mass is 9.98. The number of alkyl carbamates (subject to hydrolysis) is 1. The van der Waals surface area contributed by atoms with Gasteiger partial charge in [-0.2, -0.15) is 0 Å². The third-order valence-corrected chi connectivity index (χ3v) is 4.76. The summed E-state index contributed by atoms with van der Waals surface area (Å²) in [6.07, 6.45) is 0.579. The van der Waals surface area contributed by atoms with E-state index in [0.29, 0.717) is 33.0 Å². The zero-order valence-corrected chi connectivity index (χ0v) is 16.6. The minimum absolute atomic E-state index is 0.0856. The first-order chi connectivity index (χ1) is 13.7. The molecule has 1 amide bonds. The van der Waals surface area contributed by atoms with Crippen molar-refractivity contribution in [2.45, 2.75) is 32.3 Å². The van der Waals surface area contributed by atoms with Gasteiger partial charge in [-0.25, -0.2) is 4.79 Å². The highest BCUT2D eigenvalue weighted by Crippen LogP contribution is 2.44. The number of rotatable bonds is 10. The van der Waals surface area contributed by atoms with E-state index >= 15 is 0 Å². The Hall–Kier alpha value is -2.37. The highest BCUT2D eigenvalue weighted by Gasteiger charge is 2.28. The lowest BCUT2D eigenvalue weighted by Gasteiger charge is -2.14. The van der Waals surface area contributed by atoms with E-state index in [2.05, 4.69) is 29.6 Å². The first kappa shape index (κ1) is 20.4. The van der Waals surface area contributed by atoms with Gasteiger partial charge in [-0.1, -0.05) is 48.5 Å². The first-order valence-electron chi connectivity index (χ1n) is 9.95. The summed E-state index contributed by atoms with van der Waals surface area (Å²) in [6.45, 7) is 6.62. The summed E-state index contributed by atoms with van der Waals surface area (Å²) < 4.78 is 16.4. The number of fused-ring (bicyclic) bond motifs is 3. The monoisotopic (exact) mass is 383 g/mol. The Morgan fingerprint density at radius 1 is 0.964 bits per heavy atom. The van der Waals surface area contributed by atoms with Crippen LogP contribution in [0.2, 0.25) is 0 Å². The molecule has 150 valence electrons. The number of carbonyl (C=O) groups excluding carboxylic acids is 1. The molecule has 5 heteroatoms. The van der Waals surface area contributed by atoms with Crippen LogP contribution in [-0.2, 0) is 14.2 Å². The van der Waals surface area contributed by atoms with E-state index in [1.54, 1.807) is 0 Å². The van der Waals surface area contributed by atoms with Crippen molar-refractivity contribution in [2.24, 2.45) is 0 Å². The van der Waals surface area contributed by atoms with E-state index in [9.17, 15) is 4.79 Å². The number of hydrogen-bond donors (Lipinski definition) is 1. The maximum absolute atomic E-state index is 12.0. The predicted molar refractivity (Wildman–Crippen MR) is 110 cm³/mol. The molecule has 0 saturated carbocycles. The van der Waals surface area contributed by atoms with Crippen molar-refractivity contribution in [1.29, 1.82) is 0 Å². The summed E-state index contributed by atoms with van der Waals surface area (Å²) in [5.74, 6) is 0.0856. The van der Waals surface area contributed by atoms with Crippen LogP contribution in [0.15, 0.2) is 48.5 Å². The molecule has 28 heavy (non-hydrogen) atoms. The van der Waals surface area contributed by atoms with Crippen molar-refractivity contribution in [1.82, 2.24) is 5.32 Å². The number of benzene rings is 2. The molecule has 1 aliphatic carbocycles. The number of ether oxygens (including phenoxy) is 3. The maximum atomic E-state index is 12.0. The van der Waals surface area contributed by atoms with Gasteiger partial charge in [0.15, 0.2) is 0 Å². The molecule has 0 heterocycles. The van der Waals surface area contributed by atoms with Gasteiger partial charge in [0.1, 0.15) is 6.61 Å². The van der Waals surface area contributed by atoms with Crippen molar-refractivity contribution in [3.63, 3.8) is 0 Å². The summed E-state index contributed by atoms with van der Waals surface area (Å²) >= 11 is 0. The molecule has 0 unspecified atom stereocenters. The maximum Gasteiger partial charge on any atom is 0.407 e. The van der Waals surface area contributed by atoms with Crippen LogP contribution in [0.5, 0.6) is 0 Å². The number of carbonyl (C=O) groups is 1. The van der Waals surface area contributed by atoms with Crippen molar-refractivity contribution in [2.75, 3.05) is 33.0 Å². The Labute approximate surface area is 167 Å². The Morgan fingerprint density at radius 2 is 1.61 bits per heavy atom. The molecule has 0 aromatic heterocycles. The standard InChI is InChI=1S/C23H29NO4/c1-17(2)27-15-14-26-13-7-12-24-23(25)28-16-22-20-10-5-3-8-18(20)19-9-4-6-11-21(19)22/h3-6,8-11,17,22H,7,12-16H2,1-2H3,(H,24,25). The summed E-state index contributed by atoms with van der Waals surface area (Å²) in [4.78, 5) is 12.0. The minimum atomic E-state index is -0.384. The van der Waals surface area contributed by atoms with Crippen LogP contribution in [0, 0.1) is 0 Å². The zero-order chi connectivity index (χ0) is 19.8. The van der Waals surface area contributed by atoms with E-state index < -0.39 is 0 Å². The van der Waals surface area contributed by atoms with Gasteiger partial charge in [-0.3, -0.25) is 0 Å². The van der Waals surface area contributed by atoms with Crippen LogP contribution in [-0.4, -0.2) is 45.2 Å². The van der Waals surface area contributed by atoms with Gasteiger partial charge in [0, 0.05) is 19.1 Å². The molecule has 0 saturated heterocycles. The Bertz CT molecular complexity index is 729. The van der Waals surface area contributed by atoms with Gasteiger partial charge in [0.2, 0.25) is 0 Å². The molecule has 2 aromatic carbocycles. The molecule has 5 nitrogen and oxygen atoms in total. The van der Waals surface area contributed by atoms with Gasteiger partial charge in [-0.15, -0.1) is 0 Å². The van der Waals surface area contributed by atoms with Crippen LogP contribution in [0.4, 0.5) is 4.79 Å². The highest BCUT2D eigenvalue weighted by atomic mass is 16.5. The first-order valence-corrected chi connectivity index (χ1v) is 9.95. The van der Waals surface area contributed by atoms with Crippen molar-refractivity contribution in [3.8, 4) is 11.1 Å². The lowest BCUT2D eigenvalue weighted by molar-refractivity contribution is 0.0190. The Balaban J connectivity index is 1.38. The van der Waals surface area contributed by atoms with Crippen LogP contribution in [0.1, 0.15) is 37.3 Å². The summed E-state index contributed by atoms with van der Waals surface area (Å²) in [5.41, 5.74) is 4.89. The largest absolute Gasteiger partial charge is 0.449 e.